The van der Waals surface area contributed by atoms with Crippen LogP contribution in [0.5, 0.6) is 23.0 Å². The quantitative estimate of drug-likeness (QED) is 0.116. The Bertz CT molecular complexity index is 1700. The van der Waals surface area contributed by atoms with Gasteiger partial charge in [-0.1, -0.05) is 24.3 Å². The van der Waals surface area contributed by atoms with Crippen molar-refractivity contribution in [3.63, 3.8) is 0 Å². The fraction of sp³-hybridized carbons (Fsp3) is 0.273. The average molecular weight is 714 g/mol. The molecule has 1 atom stereocenters. The summed E-state index contributed by atoms with van der Waals surface area (Å²) in [7, 11) is 1.43. The van der Waals surface area contributed by atoms with Crippen LogP contribution in [0, 0.1) is 5.82 Å². The van der Waals surface area contributed by atoms with Crippen molar-refractivity contribution in [2.24, 2.45) is 5.10 Å². The third-order valence-corrected chi connectivity index (χ3v) is 7.30. The molecule has 3 aromatic carbocycles. The molecule has 0 unspecified atom stereocenters. The second kappa shape index (κ2) is 16.5. The molecule has 3 amide bonds. The summed E-state index contributed by atoms with van der Waals surface area (Å²) >= 11 is 3.47. The topological polar surface area (TPSA) is 146 Å². The minimum Gasteiger partial charge on any atom is -0.493 e. The van der Waals surface area contributed by atoms with Gasteiger partial charge in [-0.3, -0.25) is 4.79 Å². The normalized spacial score (nSPS) is 14.3. The van der Waals surface area contributed by atoms with Crippen molar-refractivity contribution in [2.75, 3.05) is 26.9 Å². The van der Waals surface area contributed by atoms with Crippen molar-refractivity contribution < 1.29 is 42.5 Å². The number of urea groups is 1. The van der Waals surface area contributed by atoms with E-state index in [0.29, 0.717) is 45.0 Å². The number of amides is 3. The van der Waals surface area contributed by atoms with Gasteiger partial charge in [-0.2, -0.15) is 5.10 Å². The molecule has 4 rings (SSSR count). The number of nitrogens with zero attached hydrogens (tertiary/aromatic N) is 1. The van der Waals surface area contributed by atoms with Crippen LogP contribution in [0.3, 0.4) is 0 Å². The number of hydrogen-bond donors (Lipinski definition) is 3. The molecular weight excluding hydrogens is 679 g/mol. The van der Waals surface area contributed by atoms with Gasteiger partial charge in [-0.15, -0.1) is 0 Å². The number of hydrazone groups is 1. The molecule has 0 saturated carbocycles. The van der Waals surface area contributed by atoms with Crippen LogP contribution in [0.2, 0.25) is 0 Å². The zero-order valence-corrected chi connectivity index (χ0v) is 27.7. The van der Waals surface area contributed by atoms with Gasteiger partial charge in [0.1, 0.15) is 12.4 Å². The molecule has 3 aromatic rings. The lowest BCUT2D eigenvalue weighted by atomic mass is 9.95. The number of esters is 1. The molecule has 1 heterocycles. The number of ether oxygens (including phenoxy) is 5. The molecule has 0 saturated heterocycles. The third-order valence-electron chi connectivity index (χ3n) is 6.71. The number of carbonyl (C=O) groups is 3. The second-order valence-electron chi connectivity index (χ2n) is 9.93. The van der Waals surface area contributed by atoms with E-state index in [4.69, 9.17) is 23.7 Å². The number of benzene rings is 3. The fourth-order valence-electron chi connectivity index (χ4n) is 4.59. The number of rotatable bonds is 14. The first-order chi connectivity index (χ1) is 22.6. The van der Waals surface area contributed by atoms with Gasteiger partial charge in [-0.25, -0.2) is 19.4 Å². The molecular formula is C33H34BrFN4O8. The zero-order chi connectivity index (χ0) is 33.9. The van der Waals surface area contributed by atoms with E-state index in [1.807, 2.05) is 6.92 Å². The van der Waals surface area contributed by atoms with Gasteiger partial charge in [0.2, 0.25) is 0 Å². The first kappa shape index (κ1) is 34.8. The number of halogens is 2. The Morgan fingerprint density at radius 3 is 2.53 bits per heavy atom. The predicted molar refractivity (Wildman–Crippen MR) is 174 cm³/mol. The number of methoxy groups -OCH3 is 1. The molecule has 248 valence electrons. The number of allylic oxidation sites excluding steroid dienone is 1. The van der Waals surface area contributed by atoms with Crippen molar-refractivity contribution in [2.45, 2.75) is 33.4 Å². The van der Waals surface area contributed by atoms with E-state index in [1.54, 1.807) is 62.4 Å². The molecule has 0 radical (unpaired) electrons. The molecule has 1 aliphatic heterocycles. The summed E-state index contributed by atoms with van der Waals surface area (Å²) in [6, 6.07) is 13.3. The minimum atomic E-state index is -0.792. The van der Waals surface area contributed by atoms with Crippen LogP contribution in [-0.2, 0) is 20.9 Å². The van der Waals surface area contributed by atoms with Crippen LogP contribution in [0.4, 0.5) is 9.18 Å². The first-order valence-electron chi connectivity index (χ1n) is 14.6. The molecule has 0 bridgehead atoms. The van der Waals surface area contributed by atoms with Crippen molar-refractivity contribution in [1.82, 2.24) is 16.1 Å². The van der Waals surface area contributed by atoms with Crippen molar-refractivity contribution in [3.8, 4) is 23.0 Å². The Balaban J connectivity index is 1.39. The Kier molecular flexibility index (Phi) is 12.2. The van der Waals surface area contributed by atoms with Gasteiger partial charge < -0.3 is 34.3 Å². The van der Waals surface area contributed by atoms with Crippen LogP contribution in [0.25, 0.3) is 0 Å². The maximum Gasteiger partial charge on any atom is 0.338 e. The van der Waals surface area contributed by atoms with Crippen LogP contribution in [0.1, 0.15) is 43.5 Å². The van der Waals surface area contributed by atoms with E-state index >= 15 is 0 Å². The minimum absolute atomic E-state index is 0.00231. The summed E-state index contributed by atoms with van der Waals surface area (Å²) in [4.78, 5) is 37.3. The molecule has 3 N–H and O–H groups in total. The molecule has 12 nitrogen and oxygen atoms in total. The van der Waals surface area contributed by atoms with Crippen LogP contribution in [-0.4, -0.2) is 51.1 Å². The van der Waals surface area contributed by atoms with Gasteiger partial charge in [0.25, 0.3) is 5.91 Å². The van der Waals surface area contributed by atoms with Crippen LogP contribution in [0.15, 0.2) is 75.4 Å². The number of carbonyl (C=O) groups excluding carboxylic acids is 3. The van der Waals surface area contributed by atoms with Gasteiger partial charge in [0.15, 0.2) is 29.6 Å². The maximum atomic E-state index is 14.0. The second-order valence-corrected chi connectivity index (χ2v) is 10.8. The molecule has 0 fully saturated rings. The molecule has 0 spiro atoms. The lowest BCUT2D eigenvalue weighted by Gasteiger charge is -2.28. The highest BCUT2D eigenvalue weighted by Gasteiger charge is 2.32. The summed E-state index contributed by atoms with van der Waals surface area (Å²) in [6.45, 7) is 5.27. The Morgan fingerprint density at radius 1 is 1.02 bits per heavy atom. The van der Waals surface area contributed by atoms with E-state index in [0.717, 1.165) is 0 Å². The summed E-state index contributed by atoms with van der Waals surface area (Å²) in [5.41, 5.74) is 4.57. The maximum absolute atomic E-state index is 14.0. The van der Waals surface area contributed by atoms with E-state index in [2.05, 4.69) is 37.1 Å². The first-order valence-corrected chi connectivity index (χ1v) is 15.3. The Labute approximate surface area is 279 Å². The molecule has 0 aromatic heterocycles. The lowest BCUT2D eigenvalue weighted by Crippen LogP contribution is -2.45. The largest absolute Gasteiger partial charge is 0.493 e. The number of nitrogens with one attached hydrogen (secondary N) is 3. The fourth-order valence-corrected chi connectivity index (χ4v) is 5.17. The van der Waals surface area contributed by atoms with E-state index in [1.165, 1.54) is 19.4 Å². The monoisotopic (exact) mass is 712 g/mol. The Hall–Kier alpha value is -5.11. The van der Waals surface area contributed by atoms with Gasteiger partial charge in [0.05, 0.1) is 42.6 Å². The standard InChI is InChI=1S/C33H34BrFN4O8/c1-5-44-27-14-20(13-23(34)31(27)47-17-22-9-7-8-10-24(22)35)16-36-39-28(40)18-46-25-12-11-21(15-26(25)43-4)30-29(32(41)45-6-2)19(3)37-33(42)38-30/h7-16,30H,5-6,17-18H2,1-4H3,(H,39,40)(H2,37,38,42)/b36-16-/t30-/m0/s1. The summed E-state index contributed by atoms with van der Waals surface area (Å²) in [5, 5.41) is 9.32. The van der Waals surface area contributed by atoms with Crippen molar-refractivity contribution in [1.29, 1.82) is 0 Å². The van der Waals surface area contributed by atoms with Gasteiger partial charge in [0, 0.05) is 11.3 Å². The van der Waals surface area contributed by atoms with E-state index in [9.17, 15) is 18.8 Å². The van der Waals surface area contributed by atoms with Gasteiger partial charge >= 0.3 is 12.0 Å². The van der Waals surface area contributed by atoms with E-state index < -0.39 is 23.9 Å². The highest BCUT2D eigenvalue weighted by atomic mass is 79.9. The molecule has 47 heavy (non-hydrogen) atoms. The summed E-state index contributed by atoms with van der Waals surface area (Å²) in [6.07, 6.45) is 1.42. The van der Waals surface area contributed by atoms with Crippen LogP contribution < -0.4 is 35.0 Å². The highest BCUT2D eigenvalue weighted by molar-refractivity contribution is 9.10. The smallest absolute Gasteiger partial charge is 0.338 e. The highest BCUT2D eigenvalue weighted by Crippen LogP contribution is 2.37. The predicted octanol–water partition coefficient (Wildman–Crippen LogP) is 5.29. The SMILES string of the molecule is CCOC(=O)C1=C(C)NC(=O)N[C@H]1c1ccc(OCC(=O)N/N=C\c2cc(Br)c(OCc3ccccc3F)c(OCC)c2)c(OC)c1. The van der Waals surface area contributed by atoms with Crippen LogP contribution >= 0.6 is 15.9 Å². The summed E-state index contributed by atoms with van der Waals surface area (Å²) in [5.74, 6) is -0.141. The molecule has 1 aliphatic rings. The van der Waals surface area contributed by atoms with Gasteiger partial charge in [-0.05, 0) is 78.2 Å². The van der Waals surface area contributed by atoms with Crippen molar-refractivity contribution in [3.05, 3.63) is 92.8 Å². The average Bonchev–Trinajstić information content (AvgIpc) is 3.04. The Morgan fingerprint density at radius 2 is 1.81 bits per heavy atom. The van der Waals surface area contributed by atoms with E-state index in [-0.39, 0.29) is 42.7 Å². The molecule has 0 aliphatic carbocycles. The van der Waals surface area contributed by atoms with Crippen molar-refractivity contribution >= 4 is 40.1 Å². The third kappa shape index (κ3) is 9.00. The molecule has 14 heteroatoms. The lowest BCUT2D eigenvalue weighted by molar-refractivity contribution is -0.139. The number of hydrogen-bond acceptors (Lipinski definition) is 9. The summed E-state index contributed by atoms with van der Waals surface area (Å²) < 4.78 is 42.5. The zero-order valence-electron chi connectivity index (χ0n) is 26.1.